The van der Waals surface area contributed by atoms with Gasteiger partial charge < -0.3 is 9.47 Å². The second kappa shape index (κ2) is 8.92. The van der Waals surface area contributed by atoms with Crippen molar-refractivity contribution in [1.82, 2.24) is 9.47 Å². The van der Waals surface area contributed by atoms with E-state index in [4.69, 9.17) is 4.99 Å². The third kappa shape index (κ3) is 3.22. The molecule has 2 aliphatic carbocycles. The molecule has 0 bridgehead atoms. The van der Waals surface area contributed by atoms with Gasteiger partial charge in [0.25, 0.3) is 0 Å². The number of allylic oxidation sites excluding steroid dienone is 7. The van der Waals surface area contributed by atoms with Crippen molar-refractivity contribution in [2.45, 2.75) is 23.9 Å². The molecular formula is C40H31N3. The molecule has 0 amide bonds. The average Bonchev–Trinajstić information content (AvgIpc) is 3.59. The first-order valence-corrected chi connectivity index (χ1v) is 15.1. The van der Waals surface area contributed by atoms with Crippen LogP contribution in [0, 0.1) is 0 Å². The van der Waals surface area contributed by atoms with Crippen LogP contribution < -0.4 is 0 Å². The first kappa shape index (κ1) is 24.4. The van der Waals surface area contributed by atoms with Crippen molar-refractivity contribution in [2.75, 3.05) is 7.05 Å². The second-order valence-electron chi connectivity index (χ2n) is 12.1. The van der Waals surface area contributed by atoms with Gasteiger partial charge in [0, 0.05) is 23.4 Å². The van der Waals surface area contributed by atoms with Crippen molar-refractivity contribution in [3.63, 3.8) is 0 Å². The summed E-state index contributed by atoms with van der Waals surface area (Å²) in [5.41, 5.74) is 10.8. The molecule has 0 radical (unpaired) electrons. The van der Waals surface area contributed by atoms with Gasteiger partial charge in [-0.2, -0.15) is 0 Å². The zero-order chi connectivity index (χ0) is 28.7. The highest BCUT2D eigenvalue weighted by atomic mass is 15.3. The fourth-order valence-electron chi connectivity index (χ4n) is 8.03. The summed E-state index contributed by atoms with van der Waals surface area (Å²) in [6.45, 7) is 4.49. The third-order valence-corrected chi connectivity index (χ3v) is 9.94. The number of likely N-dealkylation sites (N-methyl/N-ethyl adjacent to an activating group) is 1. The van der Waals surface area contributed by atoms with Crippen molar-refractivity contribution >= 4 is 33.2 Å². The number of hydrogen-bond acceptors (Lipinski definition) is 2. The Morgan fingerprint density at radius 3 is 2.51 bits per heavy atom. The first-order valence-electron chi connectivity index (χ1n) is 15.1. The number of rotatable bonds is 1. The third-order valence-electron chi connectivity index (χ3n) is 9.94. The average molecular weight is 554 g/mol. The van der Waals surface area contributed by atoms with Gasteiger partial charge in [-0.15, -0.1) is 0 Å². The molecule has 0 saturated carbocycles. The number of aliphatic imine (C=N–C) groups is 1. The van der Waals surface area contributed by atoms with Crippen molar-refractivity contribution in [3.8, 4) is 5.69 Å². The minimum absolute atomic E-state index is 0.170. The molecule has 2 aliphatic heterocycles. The molecule has 0 saturated heterocycles. The molecule has 3 unspecified atom stereocenters. The highest BCUT2D eigenvalue weighted by Crippen LogP contribution is 2.54. The highest BCUT2D eigenvalue weighted by Gasteiger charge is 2.44. The molecule has 43 heavy (non-hydrogen) atoms. The van der Waals surface area contributed by atoms with E-state index in [1.54, 1.807) is 0 Å². The van der Waals surface area contributed by atoms with E-state index < -0.39 is 0 Å². The van der Waals surface area contributed by atoms with E-state index in [9.17, 15) is 0 Å². The standard InChI is InChI=1S/C40H31N3/c1-26-13-4-3-11-24-40(31-16-6-5-14-28(26)31)32-17-7-9-20-36(32)43-35-23-22-27(25-30(35)29-15-12-18-33(40)38(29)43)39-41-34-19-8-10-21-37(34)42(39)2/h3-23,25,34,37H,1,24H2,2H3/b11-3-,13-4-. The number of nitrogens with zero attached hydrogens (tertiary/aromatic N) is 3. The summed E-state index contributed by atoms with van der Waals surface area (Å²) in [5.74, 6) is 1.05. The molecule has 1 spiro atoms. The summed E-state index contributed by atoms with van der Waals surface area (Å²) in [6.07, 6.45) is 18.3. The van der Waals surface area contributed by atoms with Gasteiger partial charge in [0.05, 0.1) is 34.2 Å². The van der Waals surface area contributed by atoms with Gasteiger partial charge in [-0.25, -0.2) is 0 Å². The van der Waals surface area contributed by atoms with Crippen LogP contribution >= 0.6 is 0 Å². The van der Waals surface area contributed by atoms with Crippen LogP contribution in [0.5, 0.6) is 0 Å². The van der Waals surface area contributed by atoms with Crippen molar-refractivity contribution in [1.29, 1.82) is 0 Å². The lowest BCUT2D eigenvalue weighted by molar-refractivity contribution is 0.437. The van der Waals surface area contributed by atoms with Crippen LogP contribution in [0.4, 0.5) is 0 Å². The molecule has 0 N–H and O–H groups in total. The SMILES string of the molecule is C=C1/C=C\C=C/CC2(c3ccccc31)c1ccccc1-n1c3ccc(C4=NC5C=CC=CC5N4C)cc3c3cccc2c31. The van der Waals surface area contributed by atoms with Crippen molar-refractivity contribution < 1.29 is 0 Å². The zero-order valence-corrected chi connectivity index (χ0v) is 24.1. The van der Waals surface area contributed by atoms with E-state index in [1.807, 2.05) is 0 Å². The second-order valence-corrected chi connectivity index (χ2v) is 12.1. The highest BCUT2D eigenvalue weighted by molar-refractivity contribution is 6.14. The van der Waals surface area contributed by atoms with E-state index in [0.717, 1.165) is 23.4 Å². The summed E-state index contributed by atoms with van der Waals surface area (Å²) in [6, 6.07) is 32.1. The first-order chi connectivity index (χ1) is 21.2. The molecule has 5 aromatic rings. The maximum Gasteiger partial charge on any atom is 0.131 e. The maximum absolute atomic E-state index is 5.15. The lowest BCUT2D eigenvalue weighted by Crippen LogP contribution is -2.35. The molecule has 206 valence electrons. The number of para-hydroxylation sites is 2. The van der Waals surface area contributed by atoms with Crippen LogP contribution in [0.25, 0.3) is 33.1 Å². The molecule has 3 heteroatoms. The molecule has 4 aromatic carbocycles. The van der Waals surface area contributed by atoms with Gasteiger partial charge in [-0.3, -0.25) is 4.99 Å². The Kier molecular flexibility index (Phi) is 5.07. The number of benzene rings is 4. The number of aromatic nitrogens is 1. The summed E-state index contributed by atoms with van der Waals surface area (Å²) in [4.78, 5) is 7.47. The molecule has 3 atom stereocenters. The van der Waals surface area contributed by atoms with Crippen molar-refractivity contribution in [3.05, 3.63) is 168 Å². The number of fused-ring (bicyclic) bond motifs is 10. The van der Waals surface area contributed by atoms with Crippen LogP contribution in [0.2, 0.25) is 0 Å². The van der Waals surface area contributed by atoms with E-state index in [2.05, 4.69) is 157 Å². The van der Waals surface area contributed by atoms with Gasteiger partial charge in [-0.05, 0) is 58.5 Å². The fourth-order valence-corrected chi connectivity index (χ4v) is 8.03. The Balaban J connectivity index is 1.36. The smallest absolute Gasteiger partial charge is 0.131 e. The van der Waals surface area contributed by atoms with E-state index in [0.29, 0.717) is 0 Å². The molecule has 3 heterocycles. The van der Waals surface area contributed by atoms with Crippen LogP contribution in [0.1, 0.15) is 34.2 Å². The minimum atomic E-state index is -0.366. The monoisotopic (exact) mass is 553 g/mol. The summed E-state index contributed by atoms with van der Waals surface area (Å²) in [7, 11) is 2.16. The van der Waals surface area contributed by atoms with Crippen LogP contribution in [-0.4, -0.2) is 34.4 Å². The zero-order valence-electron chi connectivity index (χ0n) is 24.1. The van der Waals surface area contributed by atoms with E-state index in [1.165, 1.54) is 49.7 Å². The number of hydrogen-bond donors (Lipinski definition) is 0. The van der Waals surface area contributed by atoms with Gasteiger partial charge in [-0.1, -0.05) is 116 Å². The van der Waals surface area contributed by atoms with E-state index in [-0.39, 0.29) is 17.5 Å². The Hall–Kier alpha value is -5.15. The van der Waals surface area contributed by atoms with E-state index >= 15 is 0 Å². The summed E-state index contributed by atoms with van der Waals surface area (Å²) in [5, 5.41) is 2.54. The Morgan fingerprint density at radius 2 is 1.60 bits per heavy atom. The molecule has 0 fully saturated rings. The normalized spacial score (nSPS) is 24.7. The Labute approximate surface area is 251 Å². The van der Waals surface area contributed by atoms with Crippen LogP contribution in [0.15, 0.2) is 145 Å². The van der Waals surface area contributed by atoms with Gasteiger partial charge in [0.2, 0.25) is 0 Å². The number of amidine groups is 1. The van der Waals surface area contributed by atoms with Gasteiger partial charge in [0.15, 0.2) is 0 Å². The van der Waals surface area contributed by atoms with Gasteiger partial charge in [0.1, 0.15) is 5.84 Å². The van der Waals surface area contributed by atoms with Crippen LogP contribution in [-0.2, 0) is 5.41 Å². The molecule has 1 aromatic heterocycles. The maximum atomic E-state index is 5.15. The van der Waals surface area contributed by atoms with Gasteiger partial charge >= 0.3 is 0 Å². The molecule has 4 aliphatic rings. The molecule has 3 nitrogen and oxygen atoms in total. The topological polar surface area (TPSA) is 20.5 Å². The fraction of sp³-hybridized carbons (Fsp3) is 0.125. The van der Waals surface area contributed by atoms with Crippen molar-refractivity contribution in [2.24, 2.45) is 4.99 Å². The predicted molar refractivity (Wildman–Crippen MR) is 179 cm³/mol. The minimum Gasteiger partial charge on any atom is -0.351 e. The lowest BCUT2D eigenvalue weighted by Gasteiger charge is -2.41. The Bertz CT molecular complexity index is 2170. The molecular weight excluding hydrogens is 522 g/mol. The summed E-state index contributed by atoms with van der Waals surface area (Å²) >= 11 is 0. The predicted octanol–water partition coefficient (Wildman–Crippen LogP) is 8.52. The summed E-state index contributed by atoms with van der Waals surface area (Å²) < 4.78 is 2.50. The quantitative estimate of drug-likeness (QED) is 0.204. The lowest BCUT2D eigenvalue weighted by atomic mass is 9.63. The molecule has 9 rings (SSSR count). The van der Waals surface area contributed by atoms with Crippen LogP contribution in [0.3, 0.4) is 0 Å². The largest absolute Gasteiger partial charge is 0.351 e. The Morgan fingerprint density at radius 1 is 0.791 bits per heavy atom.